The van der Waals surface area contributed by atoms with E-state index >= 15 is 0 Å². The number of rotatable bonds is 3. The van der Waals surface area contributed by atoms with Crippen molar-refractivity contribution < 1.29 is 4.74 Å². The summed E-state index contributed by atoms with van der Waals surface area (Å²) in [5.74, 6) is 0. The summed E-state index contributed by atoms with van der Waals surface area (Å²) >= 11 is 6.27. The monoisotopic (exact) mass is 294 g/mol. The molecule has 3 nitrogen and oxygen atoms in total. The zero-order valence-electron chi connectivity index (χ0n) is 11.9. The largest absolute Gasteiger partial charge is 0.378 e. The van der Waals surface area contributed by atoms with Gasteiger partial charge in [0, 0.05) is 35.8 Å². The summed E-state index contributed by atoms with van der Waals surface area (Å²) in [6.07, 6.45) is 4.90. The average Bonchev–Trinajstić information content (AvgIpc) is 2.98. The van der Waals surface area contributed by atoms with E-state index in [-0.39, 0.29) is 5.41 Å². The van der Waals surface area contributed by atoms with Crippen LogP contribution in [0, 0.1) is 0 Å². The molecule has 0 amide bonds. The molecule has 1 aromatic carbocycles. The van der Waals surface area contributed by atoms with E-state index < -0.39 is 0 Å². The number of ether oxygens (including phenoxy) is 1. The second-order valence-corrected chi connectivity index (χ2v) is 6.39. The van der Waals surface area contributed by atoms with Gasteiger partial charge < -0.3 is 15.4 Å². The van der Waals surface area contributed by atoms with Crippen LogP contribution in [0.25, 0.3) is 0 Å². The van der Waals surface area contributed by atoms with Gasteiger partial charge in [-0.3, -0.25) is 0 Å². The van der Waals surface area contributed by atoms with Gasteiger partial charge in [-0.2, -0.15) is 0 Å². The lowest BCUT2D eigenvalue weighted by Crippen LogP contribution is -2.40. The van der Waals surface area contributed by atoms with Crippen LogP contribution in [0.5, 0.6) is 0 Å². The predicted octanol–water partition coefficient (Wildman–Crippen LogP) is 2.95. The molecule has 2 aliphatic rings. The Morgan fingerprint density at radius 3 is 2.55 bits per heavy atom. The van der Waals surface area contributed by atoms with E-state index in [4.69, 9.17) is 22.1 Å². The zero-order chi connectivity index (χ0) is 14.0. The Balaban J connectivity index is 2.01. The highest BCUT2D eigenvalue weighted by Gasteiger charge is 2.37. The third kappa shape index (κ3) is 2.54. The maximum atomic E-state index is 6.27. The molecule has 0 radical (unpaired) electrons. The van der Waals surface area contributed by atoms with Crippen molar-refractivity contribution in [1.82, 2.24) is 0 Å². The van der Waals surface area contributed by atoms with Crippen molar-refractivity contribution in [2.45, 2.75) is 31.1 Å². The highest BCUT2D eigenvalue weighted by atomic mass is 35.5. The summed E-state index contributed by atoms with van der Waals surface area (Å²) < 4.78 is 5.47. The summed E-state index contributed by atoms with van der Waals surface area (Å²) in [6, 6.07) is 6.30. The highest BCUT2D eigenvalue weighted by molar-refractivity contribution is 6.30. The molecule has 0 unspecified atom stereocenters. The van der Waals surface area contributed by atoms with Crippen molar-refractivity contribution in [1.29, 1.82) is 0 Å². The van der Waals surface area contributed by atoms with E-state index in [1.807, 2.05) is 6.07 Å². The number of hydrogen-bond donors (Lipinski definition) is 1. The number of anilines is 1. The van der Waals surface area contributed by atoms with Gasteiger partial charge >= 0.3 is 0 Å². The Kier molecular flexibility index (Phi) is 4.20. The van der Waals surface area contributed by atoms with Crippen LogP contribution in [0.1, 0.15) is 31.2 Å². The Morgan fingerprint density at radius 1 is 1.20 bits per heavy atom. The van der Waals surface area contributed by atoms with Gasteiger partial charge in [0.2, 0.25) is 0 Å². The van der Waals surface area contributed by atoms with E-state index in [0.29, 0.717) is 6.54 Å². The lowest BCUT2D eigenvalue weighted by atomic mass is 9.78. The van der Waals surface area contributed by atoms with E-state index in [2.05, 4.69) is 17.0 Å². The van der Waals surface area contributed by atoms with Gasteiger partial charge in [0.15, 0.2) is 0 Å². The Morgan fingerprint density at radius 2 is 1.90 bits per heavy atom. The molecule has 2 N–H and O–H groups in total. The lowest BCUT2D eigenvalue weighted by molar-refractivity contribution is 0.122. The Hall–Kier alpha value is -0.770. The van der Waals surface area contributed by atoms with Crippen LogP contribution in [-0.4, -0.2) is 32.8 Å². The highest BCUT2D eigenvalue weighted by Crippen LogP contribution is 2.45. The summed E-state index contributed by atoms with van der Waals surface area (Å²) in [5, 5.41) is 0.816. The molecule has 1 heterocycles. The fraction of sp³-hybridized carbons (Fsp3) is 0.625. The first-order valence-electron chi connectivity index (χ1n) is 7.58. The third-order valence-electron chi connectivity index (χ3n) is 4.83. The molecule has 1 saturated heterocycles. The van der Waals surface area contributed by atoms with Crippen molar-refractivity contribution in [2.75, 3.05) is 37.7 Å². The van der Waals surface area contributed by atoms with Crippen LogP contribution in [0.4, 0.5) is 5.69 Å². The fourth-order valence-electron chi connectivity index (χ4n) is 3.65. The first-order valence-corrected chi connectivity index (χ1v) is 7.96. The van der Waals surface area contributed by atoms with Crippen LogP contribution in [0.3, 0.4) is 0 Å². The molecule has 2 fully saturated rings. The van der Waals surface area contributed by atoms with Crippen LogP contribution in [-0.2, 0) is 10.2 Å². The molecule has 0 atom stereocenters. The van der Waals surface area contributed by atoms with Crippen molar-refractivity contribution in [3.05, 3.63) is 28.8 Å². The number of morpholine rings is 1. The SMILES string of the molecule is NCC1(c2cc(Cl)ccc2N2CCOCC2)CCCC1. The molecule has 1 saturated carbocycles. The molecule has 20 heavy (non-hydrogen) atoms. The normalized spacial score (nSPS) is 22.2. The summed E-state index contributed by atoms with van der Waals surface area (Å²) in [5.41, 5.74) is 8.95. The first kappa shape index (κ1) is 14.2. The molecule has 110 valence electrons. The minimum Gasteiger partial charge on any atom is -0.378 e. The van der Waals surface area contributed by atoms with Crippen LogP contribution in [0.2, 0.25) is 5.02 Å². The number of benzene rings is 1. The molecular weight excluding hydrogens is 272 g/mol. The Labute approximate surface area is 126 Å². The predicted molar refractivity (Wildman–Crippen MR) is 83.7 cm³/mol. The molecule has 1 aromatic rings. The zero-order valence-corrected chi connectivity index (χ0v) is 12.7. The number of halogens is 1. The Bertz CT molecular complexity index is 466. The van der Waals surface area contributed by atoms with E-state index in [1.165, 1.54) is 36.9 Å². The van der Waals surface area contributed by atoms with Crippen LogP contribution in [0.15, 0.2) is 18.2 Å². The van der Waals surface area contributed by atoms with Crippen LogP contribution < -0.4 is 10.6 Å². The minimum absolute atomic E-state index is 0.124. The molecule has 4 heteroatoms. The quantitative estimate of drug-likeness (QED) is 0.931. The number of hydrogen-bond acceptors (Lipinski definition) is 3. The maximum Gasteiger partial charge on any atom is 0.0642 e. The maximum absolute atomic E-state index is 6.27. The first-order chi connectivity index (χ1) is 9.75. The second kappa shape index (κ2) is 5.92. The molecule has 1 aliphatic heterocycles. The van der Waals surface area contributed by atoms with Gasteiger partial charge in [-0.25, -0.2) is 0 Å². The molecule has 0 bridgehead atoms. The van der Waals surface area contributed by atoms with Crippen molar-refractivity contribution in [2.24, 2.45) is 5.73 Å². The topological polar surface area (TPSA) is 38.5 Å². The van der Waals surface area contributed by atoms with Crippen molar-refractivity contribution >= 4 is 17.3 Å². The molecular formula is C16H23ClN2O. The lowest BCUT2D eigenvalue weighted by Gasteiger charge is -2.36. The number of nitrogens with zero attached hydrogens (tertiary/aromatic N) is 1. The van der Waals surface area contributed by atoms with Gasteiger partial charge in [0.1, 0.15) is 0 Å². The third-order valence-corrected chi connectivity index (χ3v) is 5.07. The summed E-state index contributed by atoms with van der Waals surface area (Å²) in [4.78, 5) is 2.42. The minimum atomic E-state index is 0.124. The molecule has 0 aromatic heterocycles. The van der Waals surface area contributed by atoms with Gasteiger partial charge in [-0.05, 0) is 36.6 Å². The van der Waals surface area contributed by atoms with E-state index in [1.54, 1.807) is 0 Å². The van der Waals surface area contributed by atoms with Crippen LogP contribution >= 0.6 is 11.6 Å². The smallest absolute Gasteiger partial charge is 0.0642 e. The number of nitrogens with two attached hydrogens (primary N) is 1. The molecule has 3 rings (SSSR count). The molecule has 0 spiro atoms. The standard InChI is InChI=1S/C16H23ClN2O/c17-13-3-4-15(19-7-9-20-10-8-19)14(11-13)16(12-18)5-1-2-6-16/h3-4,11H,1-2,5-10,12,18H2. The van der Waals surface area contributed by atoms with E-state index in [0.717, 1.165) is 31.3 Å². The summed E-state index contributed by atoms with van der Waals surface area (Å²) in [6.45, 7) is 4.23. The van der Waals surface area contributed by atoms with Gasteiger partial charge in [0.25, 0.3) is 0 Å². The van der Waals surface area contributed by atoms with E-state index in [9.17, 15) is 0 Å². The van der Waals surface area contributed by atoms with Crippen molar-refractivity contribution in [3.8, 4) is 0 Å². The van der Waals surface area contributed by atoms with Gasteiger partial charge in [-0.15, -0.1) is 0 Å². The average molecular weight is 295 g/mol. The molecule has 1 aliphatic carbocycles. The fourth-order valence-corrected chi connectivity index (χ4v) is 3.82. The second-order valence-electron chi connectivity index (χ2n) is 5.95. The summed E-state index contributed by atoms with van der Waals surface area (Å²) in [7, 11) is 0. The van der Waals surface area contributed by atoms with Gasteiger partial charge in [0.05, 0.1) is 13.2 Å². The van der Waals surface area contributed by atoms with Gasteiger partial charge in [-0.1, -0.05) is 24.4 Å². The van der Waals surface area contributed by atoms with Crippen molar-refractivity contribution in [3.63, 3.8) is 0 Å².